The Labute approximate surface area is 222 Å². The predicted molar refractivity (Wildman–Crippen MR) is 133 cm³/mol. The molecule has 8 nitrogen and oxygen atoms in total. The molecule has 39 heavy (non-hydrogen) atoms. The summed E-state index contributed by atoms with van der Waals surface area (Å²) in [6.07, 6.45) is -4.09. The first-order valence-electron chi connectivity index (χ1n) is 12.5. The number of allylic oxidation sites excluding steroid dienone is 1. The number of carbonyl (C=O) groups excluding carboxylic acids is 3. The second-order valence-corrected chi connectivity index (χ2v) is 9.90. The van der Waals surface area contributed by atoms with E-state index in [-0.39, 0.29) is 46.9 Å². The van der Waals surface area contributed by atoms with Gasteiger partial charge in [0.1, 0.15) is 0 Å². The smallest absolute Gasteiger partial charge is 0.393 e. The van der Waals surface area contributed by atoms with Crippen molar-refractivity contribution in [1.82, 2.24) is 9.80 Å². The van der Waals surface area contributed by atoms with Gasteiger partial charge in [-0.25, -0.2) is 4.79 Å². The lowest BCUT2D eigenvalue weighted by molar-refractivity contribution is -0.137. The van der Waals surface area contributed by atoms with Crippen LogP contribution in [0.4, 0.5) is 23.7 Å². The van der Waals surface area contributed by atoms with E-state index in [1.807, 2.05) is 6.07 Å². The van der Waals surface area contributed by atoms with Crippen molar-refractivity contribution in [2.24, 2.45) is 0 Å². The Morgan fingerprint density at radius 1 is 1.08 bits per heavy atom. The van der Waals surface area contributed by atoms with Crippen molar-refractivity contribution in [1.29, 1.82) is 5.26 Å². The first-order chi connectivity index (χ1) is 18.5. The maximum atomic E-state index is 13.7. The van der Waals surface area contributed by atoms with E-state index in [0.29, 0.717) is 37.2 Å². The summed E-state index contributed by atoms with van der Waals surface area (Å²) in [5.74, 6) is -0.655. The molecule has 0 saturated carbocycles. The summed E-state index contributed by atoms with van der Waals surface area (Å²) in [4.78, 5) is 44.5. The summed E-state index contributed by atoms with van der Waals surface area (Å²) in [7, 11) is 1.44. The van der Waals surface area contributed by atoms with Gasteiger partial charge in [0, 0.05) is 43.4 Å². The fourth-order valence-electron chi connectivity index (χ4n) is 5.52. The molecule has 1 unspecified atom stereocenters. The highest BCUT2D eigenvalue weighted by Crippen LogP contribution is 2.46. The van der Waals surface area contributed by atoms with E-state index < -0.39 is 29.9 Å². The minimum Gasteiger partial charge on any atom is -0.393 e. The highest BCUT2D eigenvalue weighted by atomic mass is 19.4. The first-order valence-corrected chi connectivity index (χ1v) is 12.5. The van der Waals surface area contributed by atoms with Crippen molar-refractivity contribution in [3.63, 3.8) is 0 Å². The third kappa shape index (κ3) is 4.65. The van der Waals surface area contributed by atoms with Gasteiger partial charge in [-0.1, -0.05) is 12.1 Å². The Bertz CT molecular complexity index is 1440. The average molecular weight is 539 g/mol. The largest absolute Gasteiger partial charge is 0.416 e. The minimum absolute atomic E-state index is 0.00896. The number of aliphatic hydroxyl groups excluding tert-OH is 1. The number of hydrogen-bond acceptors (Lipinski definition) is 5. The molecule has 2 aliphatic heterocycles. The number of benzene rings is 2. The van der Waals surface area contributed by atoms with Gasteiger partial charge in [0.15, 0.2) is 5.78 Å². The van der Waals surface area contributed by atoms with Crippen LogP contribution in [0.3, 0.4) is 0 Å². The third-order valence-corrected chi connectivity index (χ3v) is 7.51. The number of carbonyl (C=O) groups is 3. The van der Waals surface area contributed by atoms with Crippen LogP contribution >= 0.6 is 0 Å². The van der Waals surface area contributed by atoms with Crippen molar-refractivity contribution in [2.75, 3.05) is 25.0 Å². The number of nitrogens with zero attached hydrogens (tertiary/aromatic N) is 4. The van der Waals surface area contributed by atoms with Gasteiger partial charge in [-0.15, -0.1) is 0 Å². The number of Topliss-reactive ketones (excluding diaryl/α,β-unsaturated/α-hetero) is 1. The number of halogens is 3. The van der Waals surface area contributed by atoms with E-state index in [4.69, 9.17) is 0 Å². The average Bonchev–Trinajstić information content (AvgIpc) is 3.29. The molecule has 5 rings (SSSR count). The summed E-state index contributed by atoms with van der Waals surface area (Å²) in [5, 5.41) is 19.4. The molecule has 2 heterocycles. The standard InChI is InChI=1S/C28H25F3N4O4/c1-33-25(20-6-5-16(15-32)13-21(20)26(38)34-11-9-19(36)10-12-34)24-22(7-8-23(24)37)35(27(33)39)18-4-2-3-17(14-18)28(29,30)31/h2-6,13-14,19,25,36H,7-12H2,1H3. The lowest BCUT2D eigenvalue weighted by Crippen LogP contribution is -2.48. The van der Waals surface area contributed by atoms with Crippen LogP contribution < -0.4 is 4.90 Å². The lowest BCUT2D eigenvalue weighted by Gasteiger charge is -2.41. The maximum absolute atomic E-state index is 13.7. The van der Waals surface area contributed by atoms with Crippen LogP contribution in [-0.2, 0) is 11.0 Å². The lowest BCUT2D eigenvalue weighted by atomic mass is 9.88. The Hall–Kier alpha value is -4.17. The highest BCUT2D eigenvalue weighted by Gasteiger charge is 2.46. The van der Waals surface area contributed by atoms with Gasteiger partial charge >= 0.3 is 12.2 Å². The summed E-state index contributed by atoms with van der Waals surface area (Å²) in [6.45, 7) is 0.623. The van der Waals surface area contributed by atoms with Crippen LogP contribution in [-0.4, -0.2) is 58.9 Å². The first kappa shape index (κ1) is 26.4. The van der Waals surface area contributed by atoms with Crippen molar-refractivity contribution in [2.45, 2.75) is 44.0 Å². The van der Waals surface area contributed by atoms with Crippen LogP contribution in [0.5, 0.6) is 0 Å². The molecule has 2 aromatic rings. The Balaban J connectivity index is 1.63. The molecule has 0 spiro atoms. The molecular weight excluding hydrogens is 513 g/mol. The molecule has 1 N–H and O–H groups in total. The van der Waals surface area contributed by atoms with E-state index in [2.05, 4.69) is 0 Å². The van der Waals surface area contributed by atoms with Gasteiger partial charge < -0.3 is 14.9 Å². The second kappa shape index (κ2) is 9.85. The minimum atomic E-state index is -4.62. The fourth-order valence-corrected chi connectivity index (χ4v) is 5.52. The number of aliphatic hydroxyl groups is 1. The molecule has 3 amide bonds. The monoisotopic (exact) mass is 538 g/mol. The van der Waals surface area contributed by atoms with E-state index in [9.17, 15) is 37.9 Å². The summed E-state index contributed by atoms with van der Waals surface area (Å²) < 4.78 is 40.3. The number of piperidine rings is 1. The van der Waals surface area contributed by atoms with Gasteiger partial charge in [-0.3, -0.25) is 14.5 Å². The van der Waals surface area contributed by atoms with Crippen molar-refractivity contribution in [3.05, 3.63) is 76.0 Å². The number of rotatable bonds is 3. The molecule has 1 saturated heterocycles. The molecule has 2 aromatic carbocycles. The zero-order valence-corrected chi connectivity index (χ0v) is 21.0. The number of nitriles is 1. The summed E-state index contributed by atoms with van der Waals surface area (Å²) >= 11 is 0. The zero-order valence-electron chi connectivity index (χ0n) is 21.0. The molecular formula is C28H25F3N4O4. The van der Waals surface area contributed by atoms with Crippen molar-refractivity contribution >= 4 is 23.4 Å². The molecule has 3 aliphatic rings. The number of anilines is 1. The molecule has 0 aromatic heterocycles. The zero-order chi connectivity index (χ0) is 28.1. The van der Waals surface area contributed by atoms with Crippen LogP contribution in [0.2, 0.25) is 0 Å². The number of hydrogen-bond donors (Lipinski definition) is 1. The Morgan fingerprint density at radius 2 is 1.79 bits per heavy atom. The van der Waals surface area contributed by atoms with E-state index in [1.54, 1.807) is 11.0 Å². The number of likely N-dealkylation sites (N-methyl/N-ethyl adjacent to an activating group) is 1. The number of likely N-dealkylation sites (tertiary alicyclic amines) is 1. The Kier molecular flexibility index (Phi) is 6.68. The van der Waals surface area contributed by atoms with Crippen LogP contribution in [0, 0.1) is 11.3 Å². The fraction of sp³-hybridized carbons (Fsp3) is 0.357. The van der Waals surface area contributed by atoms with Gasteiger partial charge in [0.2, 0.25) is 0 Å². The van der Waals surface area contributed by atoms with Crippen LogP contribution in [0.25, 0.3) is 0 Å². The van der Waals surface area contributed by atoms with Gasteiger partial charge in [0.05, 0.1) is 35.0 Å². The van der Waals surface area contributed by atoms with Gasteiger partial charge in [-0.05, 0) is 55.2 Å². The highest BCUT2D eigenvalue weighted by molar-refractivity contribution is 6.09. The molecule has 202 valence electrons. The van der Waals surface area contributed by atoms with Crippen LogP contribution in [0.1, 0.15) is 58.8 Å². The normalized spacial score (nSPS) is 20.4. The quantitative estimate of drug-likeness (QED) is 0.624. The molecule has 1 fully saturated rings. The number of amides is 3. The van der Waals surface area contributed by atoms with Crippen molar-refractivity contribution in [3.8, 4) is 6.07 Å². The van der Waals surface area contributed by atoms with E-state index in [1.165, 1.54) is 36.2 Å². The molecule has 11 heteroatoms. The summed E-state index contributed by atoms with van der Waals surface area (Å²) in [6, 6.07) is 9.27. The van der Waals surface area contributed by atoms with E-state index >= 15 is 0 Å². The van der Waals surface area contributed by atoms with Crippen molar-refractivity contribution < 1.29 is 32.7 Å². The number of urea groups is 1. The molecule has 0 radical (unpaired) electrons. The third-order valence-electron chi connectivity index (χ3n) is 7.51. The summed E-state index contributed by atoms with van der Waals surface area (Å²) in [5.41, 5.74) is 0.350. The second-order valence-electron chi connectivity index (χ2n) is 9.90. The van der Waals surface area contributed by atoms with Gasteiger partial charge in [-0.2, -0.15) is 18.4 Å². The maximum Gasteiger partial charge on any atom is 0.416 e. The topological polar surface area (TPSA) is 105 Å². The molecule has 1 aliphatic carbocycles. The number of ketones is 1. The molecule has 1 atom stereocenters. The van der Waals surface area contributed by atoms with Gasteiger partial charge in [0.25, 0.3) is 5.91 Å². The molecule has 0 bridgehead atoms. The van der Waals surface area contributed by atoms with E-state index in [0.717, 1.165) is 17.0 Å². The Morgan fingerprint density at radius 3 is 2.46 bits per heavy atom. The SMILES string of the molecule is CN1C(=O)N(c2cccc(C(F)(F)F)c2)C2=C(C(=O)CC2)C1c1ccc(C#N)cc1C(=O)N1CCC(O)CC1. The van der Waals surface area contributed by atoms with Crippen LogP contribution in [0.15, 0.2) is 53.7 Å². The predicted octanol–water partition coefficient (Wildman–Crippen LogP) is 4.40. The number of alkyl halides is 3.